The van der Waals surface area contributed by atoms with Crippen LogP contribution in [-0.4, -0.2) is 55.8 Å². The molecular formula is C27H32ClN5O5. The zero-order chi connectivity index (χ0) is 27.4. The van der Waals surface area contributed by atoms with Crippen molar-refractivity contribution in [2.24, 2.45) is 4.99 Å². The van der Waals surface area contributed by atoms with Crippen LogP contribution in [0.25, 0.3) is 0 Å². The average molecular weight is 542 g/mol. The molecular weight excluding hydrogens is 510 g/mol. The number of benzene rings is 2. The van der Waals surface area contributed by atoms with Gasteiger partial charge in [0.05, 0.1) is 24.9 Å². The van der Waals surface area contributed by atoms with E-state index in [1.54, 1.807) is 23.1 Å². The monoisotopic (exact) mass is 541 g/mol. The fourth-order valence-corrected chi connectivity index (χ4v) is 4.72. The number of halogens is 1. The maximum absolute atomic E-state index is 13.8. The van der Waals surface area contributed by atoms with Gasteiger partial charge in [-0.2, -0.15) is 0 Å². The van der Waals surface area contributed by atoms with Crippen molar-refractivity contribution in [3.8, 4) is 5.75 Å². The van der Waals surface area contributed by atoms with Crippen LogP contribution in [0.3, 0.4) is 0 Å². The highest BCUT2D eigenvalue weighted by Gasteiger charge is 2.25. The van der Waals surface area contributed by atoms with Gasteiger partial charge < -0.3 is 9.84 Å². The van der Waals surface area contributed by atoms with Crippen LogP contribution in [-0.2, 0) is 11.3 Å². The van der Waals surface area contributed by atoms with Gasteiger partial charge in [-0.1, -0.05) is 23.7 Å². The molecule has 1 aromatic heterocycles. The van der Waals surface area contributed by atoms with E-state index in [1.165, 1.54) is 9.13 Å². The molecule has 1 fully saturated rings. The molecule has 3 aromatic rings. The number of carbonyl (C=O) groups is 1. The predicted molar refractivity (Wildman–Crippen MR) is 144 cm³/mol. The maximum atomic E-state index is 13.8. The van der Waals surface area contributed by atoms with Crippen LogP contribution in [0, 0.1) is 6.92 Å². The minimum Gasteiger partial charge on any atom is -0.491 e. The quantitative estimate of drug-likeness (QED) is 0.452. The largest absolute Gasteiger partial charge is 0.491 e. The van der Waals surface area contributed by atoms with Crippen molar-refractivity contribution in [1.82, 2.24) is 19.0 Å². The molecule has 1 aliphatic rings. The maximum Gasteiger partial charge on any atom is 0.335 e. The van der Waals surface area contributed by atoms with Gasteiger partial charge in [0.25, 0.3) is 0 Å². The fraction of sp³-hybridized carbons (Fsp3) is 0.407. The van der Waals surface area contributed by atoms with Crippen molar-refractivity contribution in [2.75, 3.05) is 19.6 Å². The molecule has 0 radical (unpaired) electrons. The zero-order valence-corrected chi connectivity index (χ0v) is 22.4. The first-order chi connectivity index (χ1) is 18.1. The summed E-state index contributed by atoms with van der Waals surface area (Å²) in [5, 5.41) is 9.65. The minimum atomic E-state index is -0.899. The van der Waals surface area contributed by atoms with Gasteiger partial charge >= 0.3 is 17.3 Å². The molecule has 0 aliphatic carbocycles. The second-order valence-corrected chi connectivity index (χ2v) is 10.2. The Hall–Kier alpha value is -3.63. The Morgan fingerprint density at radius 1 is 1.16 bits per heavy atom. The summed E-state index contributed by atoms with van der Waals surface area (Å²) in [4.78, 5) is 47.3. The van der Waals surface area contributed by atoms with E-state index in [0.717, 1.165) is 16.9 Å². The third-order valence-corrected chi connectivity index (χ3v) is 6.67. The van der Waals surface area contributed by atoms with Crippen molar-refractivity contribution >= 4 is 23.3 Å². The number of carboxylic acid groups (broad SMARTS) is 1. The number of aromatic amines is 1. The number of nitrogens with zero attached hydrogens (tertiary/aromatic N) is 4. The van der Waals surface area contributed by atoms with Crippen LogP contribution in [0.4, 0.5) is 5.69 Å². The third kappa shape index (κ3) is 6.62. The Balaban J connectivity index is 1.76. The molecule has 0 unspecified atom stereocenters. The Labute approximate surface area is 224 Å². The lowest BCUT2D eigenvalue weighted by atomic mass is 10.1. The topological polar surface area (TPSA) is 122 Å². The Kier molecular flexibility index (Phi) is 8.53. The van der Waals surface area contributed by atoms with E-state index in [1.807, 2.05) is 45.0 Å². The SMILES string of the molecule is Cc1cc(/N=c2\[nH]c(=O)n(C3CCN(CC(=O)O)CC3)c(=O)n2Cc2ccc(Cl)cc2)ccc1OC(C)C. The number of carboxylic acids is 1. The third-order valence-electron chi connectivity index (χ3n) is 6.42. The smallest absolute Gasteiger partial charge is 0.335 e. The molecule has 2 aromatic carbocycles. The summed E-state index contributed by atoms with van der Waals surface area (Å²) in [6.07, 6.45) is 1.01. The number of piperidine rings is 1. The molecule has 2 N–H and O–H groups in total. The number of nitrogens with one attached hydrogen (secondary N) is 1. The lowest BCUT2D eigenvalue weighted by Crippen LogP contribution is -2.53. The zero-order valence-electron chi connectivity index (χ0n) is 21.7. The van der Waals surface area contributed by atoms with Crippen molar-refractivity contribution in [3.05, 3.63) is 85.2 Å². The van der Waals surface area contributed by atoms with E-state index < -0.39 is 17.3 Å². The highest BCUT2D eigenvalue weighted by molar-refractivity contribution is 6.30. The van der Waals surface area contributed by atoms with E-state index in [2.05, 4.69) is 9.98 Å². The number of ether oxygens (including phenoxy) is 1. The van der Waals surface area contributed by atoms with Gasteiger partial charge in [-0.3, -0.25) is 19.2 Å². The fourth-order valence-electron chi connectivity index (χ4n) is 4.59. The molecule has 38 heavy (non-hydrogen) atoms. The highest BCUT2D eigenvalue weighted by atomic mass is 35.5. The van der Waals surface area contributed by atoms with Crippen LogP contribution >= 0.6 is 11.6 Å². The van der Waals surface area contributed by atoms with Gasteiger partial charge in [0, 0.05) is 24.2 Å². The molecule has 0 bridgehead atoms. The van der Waals surface area contributed by atoms with Crippen molar-refractivity contribution < 1.29 is 14.6 Å². The lowest BCUT2D eigenvalue weighted by molar-refractivity contribution is -0.138. The predicted octanol–water partition coefficient (Wildman–Crippen LogP) is 3.09. The Morgan fingerprint density at radius 2 is 1.84 bits per heavy atom. The molecule has 202 valence electrons. The van der Waals surface area contributed by atoms with E-state index in [4.69, 9.17) is 21.4 Å². The summed E-state index contributed by atoms with van der Waals surface area (Å²) in [7, 11) is 0. The van der Waals surface area contributed by atoms with Crippen LogP contribution in [0.15, 0.2) is 57.0 Å². The highest BCUT2D eigenvalue weighted by Crippen LogP contribution is 2.24. The molecule has 11 heteroatoms. The van der Waals surface area contributed by atoms with Crippen LogP contribution in [0.5, 0.6) is 5.75 Å². The molecule has 0 spiro atoms. The van der Waals surface area contributed by atoms with Crippen molar-refractivity contribution in [1.29, 1.82) is 0 Å². The molecule has 0 amide bonds. The lowest BCUT2D eigenvalue weighted by Gasteiger charge is -2.31. The van der Waals surface area contributed by atoms with Gasteiger partial charge in [0.1, 0.15) is 5.75 Å². The first-order valence-corrected chi connectivity index (χ1v) is 12.9. The average Bonchev–Trinajstić information content (AvgIpc) is 2.85. The summed E-state index contributed by atoms with van der Waals surface area (Å²) < 4.78 is 8.49. The molecule has 4 rings (SSSR count). The Bertz CT molecular complexity index is 1480. The first-order valence-electron chi connectivity index (χ1n) is 12.6. The number of aryl methyl sites for hydroxylation is 1. The van der Waals surface area contributed by atoms with Gasteiger partial charge in [0.2, 0.25) is 5.62 Å². The minimum absolute atomic E-state index is 0.0259. The molecule has 10 nitrogen and oxygen atoms in total. The normalized spacial score (nSPS) is 15.2. The number of aromatic nitrogens is 3. The number of hydrogen-bond donors (Lipinski definition) is 2. The second kappa shape index (κ2) is 11.8. The molecule has 2 heterocycles. The van der Waals surface area contributed by atoms with Gasteiger partial charge in [-0.05, 0) is 75.1 Å². The van der Waals surface area contributed by atoms with E-state index in [-0.39, 0.29) is 30.9 Å². The van der Waals surface area contributed by atoms with Crippen molar-refractivity contribution in [3.63, 3.8) is 0 Å². The summed E-state index contributed by atoms with van der Waals surface area (Å²) >= 11 is 6.04. The van der Waals surface area contributed by atoms with Crippen LogP contribution < -0.4 is 21.7 Å². The number of aliphatic carboxylic acids is 1. The van der Waals surface area contributed by atoms with Gasteiger partial charge in [-0.25, -0.2) is 19.1 Å². The summed E-state index contributed by atoms with van der Waals surface area (Å²) in [5.41, 5.74) is 1.38. The first kappa shape index (κ1) is 27.4. The number of hydrogen-bond acceptors (Lipinski definition) is 6. The molecule has 1 aliphatic heterocycles. The second-order valence-electron chi connectivity index (χ2n) is 9.75. The van der Waals surface area contributed by atoms with E-state index >= 15 is 0 Å². The van der Waals surface area contributed by atoms with E-state index in [9.17, 15) is 14.4 Å². The molecule has 0 atom stereocenters. The van der Waals surface area contributed by atoms with E-state index in [0.29, 0.717) is 36.6 Å². The van der Waals surface area contributed by atoms with Gasteiger partial charge in [0.15, 0.2) is 0 Å². The summed E-state index contributed by atoms with van der Waals surface area (Å²) in [6, 6.07) is 12.2. The summed E-state index contributed by atoms with van der Waals surface area (Å²) in [5.74, 6) is -0.157. The van der Waals surface area contributed by atoms with Gasteiger partial charge in [-0.15, -0.1) is 0 Å². The van der Waals surface area contributed by atoms with Crippen LogP contribution in [0.1, 0.15) is 43.9 Å². The summed E-state index contributed by atoms with van der Waals surface area (Å²) in [6.45, 7) is 6.90. The molecule has 1 saturated heterocycles. The standard InChI is InChI=1S/C27H32ClN5O5/c1-17(2)38-23-9-8-21(14-18(23)3)29-25-30-26(36)33(22-10-12-31(13-11-22)16-24(34)35)27(37)32(25)15-19-4-6-20(28)7-5-19/h4-9,14,17,22H,10-13,15-16H2,1-3H3,(H,34,35)(H,29,30,36). The van der Waals surface area contributed by atoms with Crippen molar-refractivity contribution in [2.45, 2.75) is 52.3 Å². The number of H-pyrrole nitrogens is 1. The van der Waals surface area contributed by atoms with Crippen LogP contribution in [0.2, 0.25) is 5.02 Å². The number of likely N-dealkylation sites (tertiary alicyclic amines) is 1. The molecule has 0 saturated carbocycles. The Morgan fingerprint density at radius 3 is 2.45 bits per heavy atom. The number of rotatable bonds is 8.